The van der Waals surface area contributed by atoms with Crippen LogP contribution in [0.1, 0.15) is 19.8 Å². The average molecular weight is 291 g/mol. The van der Waals surface area contributed by atoms with Crippen LogP contribution in [0.5, 0.6) is 0 Å². The summed E-state index contributed by atoms with van der Waals surface area (Å²) in [5.41, 5.74) is 0. The molecular weight excluding hydrogens is 266 g/mol. The molecule has 0 amide bonds. The predicted octanol–water partition coefficient (Wildman–Crippen LogP) is -0.115. The molecular formula is C12H25N3O3S. The molecule has 2 rings (SSSR count). The highest BCUT2D eigenvalue weighted by Gasteiger charge is 2.34. The van der Waals surface area contributed by atoms with Crippen LogP contribution in [0.2, 0.25) is 0 Å². The lowest BCUT2D eigenvalue weighted by atomic mass is 10.00. The van der Waals surface area contributed by atoms with Gasteiger partial charge in [0.2, 0.25) is 0 Å². The second-order valence-electron chi connectivity index (χ2n) is 5.19. The lowest BCUT2D eigenvalue weighted by molar-refractivity contribution is 0.0691. The van der Waals surface area contributed by atoms with Crippen molar-refractivity contribution in [2.24, 2.45) is 5.92 Å². The van der Waals surface area contributed by atoms with Gasteiger partial charge in [-0.25, -0.2) is 0 Å². The first-order chi connectivity index (χ1) is 9.14. The van der Waals surface area contributed by atoms with Gasteiger partial charge in [0.1, 0.15) is 0 Å². The minimum absolute atomic E-state index is 0.435. The number of nitrogens with zero attached hydrogens (tertiary/aromatic N) is 2. The Hall–Kier alpha value is -0.210. The Morgan fingerprint density at radius 1 is 1.21 bits per heavy atom. The average Bonchev–Trinajstić information content (AvgIpc) is 2.46. The second kappa shape index (κ2) is 6.99. The molecule has 1 N–H and O–H groups in total. The number of hydrogen-bond donors (Lipinski definition) is 1. The van der Waals surface area contributed by atoms with E-state index in [2.05, 4.69) is 12.2 Å². The zero-order valence-corrected chi connectivity index (χ0v) is 12.5. The Morgan fingerprint density at radius 3 is 2.63 bits per heavy atom. The number of morpholine rings is 1. The van der Waals surface area contributed by atoms with Crippen LogP contribution in [0.3, 0.4) is 0 Å². The molecule has 7 heteroatoms. The molecule has 0 saturated carbocycles. The van der Waals surface area contributed by atoms with E-state index >= 15 is 0 Å². The smallest absolute Gasteiger partial charge is 0.282 e. The number of piperidine rings is 1. The van der Waals surface area contributed by atoms with Gasteiger partial charge in [0, 0.05) is 26.2 Å². The van der Waals surface area contributed by atoms with Gasteiger partial charge in [0.05, 0.1) is 13.2 Å². The molecule has 2 fully saturated rings. The highest BCUT2D eigenvalue weighted by atomic mass is 32.2. The lowest BCUT2D eigenvalue weighted by Gasteiger charge is -2.36. The van der Waals surface area contributed by atoms with E-state index in [0.717, 1.165) is 25.9 Å². The zero-order chi connectivity index (χ0) is 13.7. The molecule has 0 bridgehead atoms. The fourth-order valence-electron chi connectivity index (χ4n) is 2.69. The molecule has 1 unspecified atom stereocenters. The molecule has 0 aromatic rings. The monoisotopic (exact) mass is 291 g/mol. The van der Waals surface area contributed by atoms with Crippen molar-refractivity contribution < 1.29 is 13.2 Å². The van der Waals surface area contributed by atoms with E-state index in [4.69, 9.17) is 4.74 Å². The Kier molecular flexibility index (Phi) is 5.58. The summed E-state index contributed by atoms with van der Waals surface area (Å²) in [6.07, 6.45) is 2.07. The van der Waals surface area contributed by atoms with Crippen molar-refractivity contribution in [1.82, 2.24) is 13.9 Å². The number of nitrogens with one attached hydrogen (secondary N) is 1. The molecule has 2 heterocycles. The maximum absolute atomic E-state index is 12.5. The Morgan fingerprint density at radius 2 is 1.95 bits per heavy atom. The first-order valence-electron chi connectivity index (χ1n) is 7.18. The van der Waals surface area contributed by atoms with Crippen molar-refractivity contribution in [1.29, 1.82) is 0 Å². The standard InChI is InChI=1S/C12H25N3O3S/c1-2-13-10-12-4-3-5-15(11-12)19(16,17)14-6-8-18-9-7-14/h12-13H,2-11H2,1H3. The number of ether oxygens (including phenoxy) is 1. The summed E-state index contributed by atoms with van der Waals surface area (Å²) in [6.45, 7) is 7.20. The van der Waals surface area contributed by atoms with Crippen LogP contribution in [0.15, 0.2) is 0 Å². The Balaban J connectivity index is 1.95. The molecule has 112 valence electrons. The van der Waals surface area contributed by atoms with Crippen LogP contribution in [-0.2, 0) is 14.9 Å². The SMILES string of the molecule is CCNCC1CCCN(S(=O)(=O)N2CCOCC2)C1. The second-order valence-corrected chi connectivity index (χ2v) is 7.12. The molecule has 1 atom stereocenters. The van der Waals surface area contributed by atoms with Crippen molar-refractivity contribution in [2.45, 2.75) is 19.8 Å². The van der Waals surface area contributed by atoms with Crippen LogP contribution in [0.25, 0.3) is 0 Å². The van der Waals surface area contributed by atoms with Gasteiger partial charge in [-0.2, -0.15) is 17.0 Å². The van der Waals surface area contributed by atoms with Crippen LogP contribution < -0.4 is 5.32 Å². The van der Waals surface area contributed by atoms with Crippen LogP contribution in [0, 0.1) is 5.92 Å². The summed E-state index contributed by atoms with van der Waals surface area (Å²) in [4.78, 5) is 0. The van der Waals surface area contributed by atoms with Gasteiger partial charge in [-0.15, -0.1) is 0 Å². The number of rotatable bonds is 5. The van der Waals surface area contributed by atoms with E-state index in [9.17, 15) is 8.42 Å². The van der Waals surface area contributed by atoms with Crippen molar-refractivity contribution >= 4 is 10.2 Å². The van der Waals surface area contributed by atoms with Gasteiger partial charge >= 0.3 is 0 Å². The van der Waals surface area contributed by atoms with E-state index < -0.39 is 10.2 Å². The summed E-state index contributed by atoms with van der Waals surface area (Å²) in [5, 5.41) is 3.31. The maximum atomic E-state index is 12.5. The molecule has 2 saturated heterocycles. The van der Waals surface area contributed by atoms with Crippen molar-refractivity contribution in [3.63, 3.8) is 0 Å². The summed E-state index contributed by atoms with van der Waals surface area (Å²) in [5.74, 6) is 0.435. The fourth-order valence-corrected chi connectivity index (χ4v) is 4.39. The highest BCUT2D eigenvalue weighted by molar-refractivity contribution is 7.86. The van der Waals surface area contributed by atoms with E-state index in [0.29, 0.717) is 45.3 Å². The van der Waals surface area contributed by atoms with Gasteiger partial charge < -0.3 is 10.1 Å². The summed E-state index contributed by atoms with van der Waals surface area (Å²) in [7, 11) is -3.28. The van der Waals surface area contributed by atoms with E-state index in [1.165, 1.54) is 0 Å². The van der Waals surface area contributed by atoms with Gasteiger partial charge in [-0.3, -0.25) is 0 Å². The Bertz CT molecular complexity index is 368. The number of hydrogen-bond acceptors (Lipinski definition) is 4. The molecule has 6 nitrogen and oxygen atoms in total. The lowest BCUT2D eigenvalue weighted by Crippen LogP contribution is -2.52. The summed E-state index contributed by atoms with van der Waals surface area (Å²) in [6, 6.07) is 0. The first kappa shape index (κ1) is 15.2. The van der Waals surface area contributed by atoms with Gasteiger partial charge in [0.25, 0.3) is 10.2 Å². The van der Waals surface area contributed by atoms with E-state index in [1.807, 2.05) is 0 Å². The third kappa shape index (κ3) is 3.88. The van der Waals surface area contributed by atoms with Crippen molar-refractivity contribution in [3.8, 4) is 0 Å². The zero-order valence-electron chi connectivity index (χ0n) is 11.7. The minimum Gasteiger partial charge on any atom is -0.379 e. The van der Waals surface area contributed by atoms with Crippen LogP contribution >= 0.6 is 0 Å². The molecule has 2 aliphatic rings. The summed E-state index contributed by atoms with van der Waals surface area (Å²) >= 11 is 0. The van der Waals surface area contributed by atoms with Crippen molar-refractivity contribution in [2.75, 3.05) is 52.5 Å². The summed E-state index contributed by atoms with van der Waals surface area (Å²) < 4.78 is 33.5. The molecule has 0 radical (unpaired) electrons. The third-order valence-electron chi connectivity index (χ3n) is 3.79. The maximum Gasteiger partial charge on any atom is 0.282 e. The predicted molar refractivity (Wildman–Crippen MR) is 74.2 cm³/mol. The topological polar surface area (TPSA) is 61.9 Å². The van der Waals surface area contributed by atoms with Gasteiger partial charge in [-0.1, -0.05) is 6.92 Å². The molecule has 19 heavy (non-hydrogen) atoms. The van der Waals surface area contributed by atoms with E-state index in [-0.39, 0.29) is 0 Å². The van der Waals surface area contributed by atoms with Gasteiger partial charge in [0.15, 0.2) is 0 Å². The first-order valence-corrected chi connectivity index (χ1v) is 8.58. The molecule has 0 aromatic heterocycles. The quantitative estimate of drug-likeness (QED) is 0.767. The van der Waals surface area contributed by atoms with Gasteiger partial charge in [-0.05, 0) is 31.8 Å². The normalized spacial score (nSPS) is 27.5. The minimum atomic E-state index is -3.28. The van der Waals surface area contributed by atoms with Crippen LogP contribution in [-0.4, -0.2) is 69.5 Å². The molecule has 0 aromatic carbocycles. The van der Waals surface area contributed by atoms with Crippen molar-refractivity contribution in [3.05, 3.63) is 0 Å². The fraction of sp³-hybridized carbons (Fsp3) is 1.00. The Labute approximate surface area is 116 Å². The van der Waals surface area contributed by atoms with Crippen LogP contribution in [0.4, 0.5) is 0 Å². The highest BCUT2D eigenvalue weighted by Crippen LogP contribution is 2.21. The third-order valence-corrected chi connectivity index (χ3v) is 5.79. The van der Waals surface area contributed by atoms with E-state index in [1.54, 1.807) is 8.61 Å². The largest absolute Gasteiger partial charge is 0.379 e. The molecule has 0 spiro atoms. The molecule has 2 aliphatic heterocycles. The molecule has 0 aliphatic carbocycles.